The fourth-order valence-electron chi connectivity index (χ4n) is 3.30. The zero-order valence-corrected chi connectivity index (χ0v) is 14.9. The first-order valence-electron chi connectivity index (χ1n) is 8.61. The molecule has 0 saturated carbocycles. The van der Waals surface area contributed by atoms with Gasteiger partial charge in [-0.05, 0) is 37.1 Å². The van der Waals surface area contributed by atoms with Crippen molar-refractivity contribution in [2.24, 2.45) is 7.05 Å². The van der Waals surface area contributed by atoms with Crippen LogP contribution in [-0.2, 0) is 7.05 Å². The quantitative estimate of drug-likeness (QED) is 0.743. The van der Waals surface area contributed by atoms with Crippen LogP contribution in [0.5, 0.6) is 0 Å². The molecule has 0 spiro atoms. The first-order valence-corrected chi connectivity index (χ1v) is 8.61. The highest BCUT2D eigenvalue weighted by molar-refractivity contribution is 5.93. The van der Waals surface area contributed by atoms with E-state index in [0.717, 1.165) is 5.69 Å². The van der Waals surface area contributed by atoms with Crippen molar-refractivity contribution in [1.29, 1.82) is 0 Å². The van der Waals surface area contributed by atoms with Gasteiger partial charge in [0.1, 0.15) is 5.69 Å². The number of carbonyl (C=O) groups excluding carboxylic acids is 1. The lowest BCUT2D eigenvalue weighted by molar-refractivity contribution is 0.0928. The van der Waals surface area contributed by atoms with Gasteiger partial charge in [-0.1, -0.05) is 60.7 Å². The third-order valence-corrected chi connectivity index (χ3v) is 4.78. The van der Waals surface area contributed by atoms with Gasteiger partial charge in [0.25, 0.3) is 5.91 Å². The highest BCUT2D eigenvalue weighted by Crippen LogP contribution is 2.28. The van der Waals surface area contributed by atoms with E-state index >= 15 is 0 Å². The molecule has 0 aliphatic carbocycles. The topological polar surface area (TPSA) is 34.0 Å². The van der Waals surface area contributed by atoms with Crippen LogP contribution in [-0.4, -0.2) is 16.5 Å². The Morgan fingerprint density at radius 2 is 1.40 bits per heavy atom. The molecule has 0 saturated heterocycles. The van der Waals surface area contributed by atoms with Crippen LogP contribution in [0.25, 0.3) is 0 Å². The molecule has 3 heteroatoms. The summed E-state index contributed by atoms with van der Waals surface area (Å²) in [4.78, 5) is 12.7. The zero-order chi connectivity index (χ0) is 17.8. The Labute approximate surface area is 149 Å². The van der Waals surface area contributed by atoms with Crippen LogP contribution in [0.3, 0.4) is 0 Å². The molecule has 0 aliphatic rings. The smallest absolute Gasteiger partial charge is 0.268 e. The van der Waals surface area contributed by atoms with E-state index in [2.05, 4.69) is 36.5 Å². The monoisotopic (exact) mass is 332 g/mol. The van der Waals surface area contributed by atoms with E-state index in [1.807, 2.05) is 67.1 Å². The molecule has 3 rings (SSSR count). The normalized spacial score (nSPS) is 12.2. The van der Waals surface area contributed by atoms with E-state index in [1.54, 1.807) is 0 Å². The number of aromatic nitrogens is 1. The summed E-state index contributed by atoms with van der Waals surface area (Å²) in [6, 6.07) is 24.5. The lowest BCUT2D eigenvalue weighted by atomic mass is 9.86. The molecule has 1 N–H and O–H groups in total. The van der Waals surface area contributed by atoms with Crippen molar-refractivity contribution in [1.82, 2.24) is 9.88 Å². The molecule has 1 atom stereocenters. The predicted octanol–water partition coefficient (Wildman–Crippen LogP) is 4.28. The summed E-state index contributed by atoms with van der Waals surface area (Å²) in [5.41, 5.74) is 4.15. The van der Waals surface area contributed by atoms with Crippen molar-refractivity contribution >= 4 is 5.91 Å². The Morgan fingerprint density at radius 3 is 1.84 bits per heavy atom. The third kappa shape index (κ3) is 3.66. The number of hydrogen-bond acceptors (Lipinski definition) is 1. The van der Waals surface area contributed by atoms with E-state index in [1.165, 1.54) is 11.1 Å². The molecular weight excluding hydrogens is 308 g/mol. The number of hydrogen-bond donors (Lipinski definition) is 1. The summed E-state index contributed by atoms with van der Waals surface area (Å²) >= 11 is 0. The molecule has 0 unspecified atom stereocenters. The predicted molar refractivity (Wildman–Crippen MR) is 102 cm³/mol. The summed E-state index contributed by atoms with van der Waals surface area (Å²) in [6.45, 7) is 4.06. The number of aryl methyl sites for hydroxylation is 1. The van der Waals surface area contributed by atoms with E-state index in [0.29, 0.717) is 5.69 Å². The van der Waals surface area contributed by atoms with Gasteiger partial charge in [-0.2, -0.15) is 0 Å². The second kappa shape index (κ2) is 7.39. The molecule has 0 radical (unpaired) electrons. The maximum atomic E-state index is 12.7. The van der Waals surface area contributed by atoms with E-state index in [4.69, 9.17) is 0 Å². The standard InChI is InChI=1S/C22H24N2O/c1-16-14-15-20(24(16)3)22(25)23-17(2)21(18-10-6-4-7-11-18)19-12-8-5-9-13-19/h4-15,17,21H,1-3H3,(H,23,25)/t17-/m0/s1. The third-order valence-electron chi connectivity index (χ3n) is 4.78. The minimum Gasteiger partial charge on any atom is -0.347 e. The maximum Gasteiger partial charge on any atom is 0.268 e. The van der Waals surface area contributed by atoms with Gasteiger partial charge in [0.2, 0.25) is 0 Å². The van der Waals surface area contributed by atoms with Crippen LogP contribution in [0, 0.1) is 6.92 Å². The van der Waals surface area contributed by atoms with Crippen molar-refractivity contribution in [3.05, 3.63) is 95.3 Å². The van der Waals surface area contributed by atoms with E-state index in [9.17, 15) is 4.79 Å². The van der Waals surface area contributed by atoms with Gasteiger partial charge in [-0.15, -0.1) is 0 Å². The zero-order valence-electron chi connectivity index (χ0n) is 14.9. The molecule has 1 amide bonds. The van der Waals surface area contributed by atoms with Crippen LogP contribution < -0.4 is 5.32 Å². The Morgan fingerprint density at radius 1 is 0.880 bits per heavy atom. The van der Waals surface area contributed by atoms with Gasteiger partial charge in [-0.25, -0.2) is 0 Å². The van der Waals surface area contributed by atoms with Gasteiger partial charge in [0.15, 0.2) is 0 Å². The molecule has 1 heterocycles. The molecule has 3 aromatic rings. The number of benzene rings is 2. The SMILES string of the molecule is Cc1ccc(C(=O)N[C@@H](C)C(c2ccccc2)c2ccccc2)n1C. The average Bonchev–Trinajstić information content (AvgIpc) is 2.96. The summed E-state index contributed by atoms with van der Waals surface area (Å²) in [6.07, 6.45) is 0. The Kier molecular flexibility index (Phi) is 5.03. The fraction of sp³-hybridized carbons (Fsp3) is 0.227. The molecule has 0 aliphatic heterocycles. The van der Waals surface area contributed by atoms with Crippen LogP contribution in [0.1, 0.15) is 40.2 Å². The minimum atomic E-state index is -0.0417. The number of nitrogens with one attached hydrogen (secondary N) is 1. The van der Waals surface area contributed by atoms with Crippen LogP contribution >= 0.6 is 0 Å². The molecule has 2 aromatic carbocycles. The number of amides is 1. The Balaban J connectivity index is 1.88. The van der Waals surface area contributed by atoms with Crippen molar-refractivity contribution in [3.63, 3.8) is 0 Å². The van der Waals surface area contributed by atoms with Gasteiger partial charge in [0, 0.05) is 24.7 Å². The number of nitrogens with zero attached hydrogens (tertiary/aromatic N) is 1. The van der Waals surface area contributed by atoms with Crippen molar-refractivity contribution in [2.75, 3.05) is 0 Å². The number of carbonyl (C=O) groups is 1. The van der Waals surface area contributed by atoms with Crippen LogP contribution in [0.2, 0.25) is 0 Å². The first-order chi connectivity index (χ1) is 12.1. The molecule has 1 aromatic heterocycles. The molecular formula is C22H24N2O. The lowest BCUT2D eigenvalue weighted by Gasteiger charge is -2.26. The molecule has 128 valence electrons. The summed E-state index contributed by atoms with van der Waals surface area (Å²) in [5, 5.41) is 3.19. The second-order valence-electron chi connectivity index (χ2n) is 6.48. The van der Waals surface area contributed by atoms with E-state index < -0.39 is 0 Å². The fourth-order valence-corrected chi connectivity index (χ4v) is 3.30. The molecule has 0 bridgehead atoms. The largest absolute Gasteiger partial charge is 0.347 e. The summed E-state index contributed by atoms with van der Waals surface area (Å²) < 4.78 is 1.92. The second-order valence-corrected chi connectivity index (χ2v) is 6.48. The van der Waals surface area contributed by atoms with Crippen LogP contribution in [0.15, 0.2) is 72.8 Å². The summed E-state index contributed by atoms with van der Waals surface area (Å²) in [7, 11) is 1.92. The van der Waals surface area contributed by atoms with Crippen molar-refractivity contribution in [3.8, 4) is 0 Å². The summed E-state index contributed by atoms with van der Waals surface area (Å²) in [5.74, 6) is 0.0627. The van der Waals surface area contributed by atoms with Gasteiger partial charge in [0.05, 0.1) is 0 Å². The Bertz CT molecular complexity index is 797. The molecule has 3 nitrogen and oxygen atoms in total. The molecule has 0 fully saturated rings. The van der Waals surface area contributed by atoms with Crippen molar-refractivity contribution in [2.45, 2.75) is 25.8 Å². The van der Waals surface area contributed by atoms with Gasteiger partial charge >= 0.3 is 0 Å². The average molecular weight is 332 g/mol. The highest BCUT2D eigenvalue weighted by Gasteiger charge is 2.24. The first kappa shape index (κ1) is 17.0. The van der Waals surface area contributed by atoms with Crippen molar-refractivity contribution < 1.29 is 4.79 Å². The van der Waals surface area contributed by atoms with Gasteiger partial charge < -0.3 is 9.88 Å². The molecule has 25 heavy (non-hydrogen) atoms. The van der Waals surface area contributed by atoms with Crippen LogP contribution in [0.4, 0.5) is 0 Å². The number of rotatable bonds is 5. The van der Waals surface area contributed by atoms with E-state index in [-0.39, 0.29) is 17.9 Å². The highest BCUT2D eigenvalue weighted by atomic mass is 16.2. The lowest BCUT2D eigenvalue weighted by Crippen LogP contribution is -2.38. The maximum absolute atomic E-state index is 12.7. The van der Waals surface area contributed by atoms with Gasteiger partial charge in [-0.3, -0.25) is 4.79 Å². The Hall–Kier alpha value is -2.81. The minimum absolute atomic E-state index is 0.0347.